The molecular weight excluding hydrogens is 216 g/mol. The number of oxazole rings is 1. The van der Waals surface area contributed by atoms with Gasteiger partial charge in [0, 0.05) is 18.5 Å². The summed E-state index contributed by atoms with van der Waals surface area (Å²) in [5.41, 5.74) is 7.69. The van der Waals surface area contributed by atoms with Crippen LogP contribution in [0.25, 0.3) is 11.1 Å². The summed E-state index contributed by atoms with van der Waals surface area (Å²) in [6.07, 6.45) is 3.21. The normalized spacial score (nSPS) is 17.3. The van der Waals surface area contributed by atoms with Crippen molar-refractivity contribution >= 4 is 11.1 Å². The van der Waals surface area contributed by atoms with E-state index in [1.807, 2.05) is 18.2 Å². The molecule has 1 atom stereocenters. The van der Waals surface area contributed by atoms with Crippen molar-refractivity contribution < 1.29 is 9.15 Å². The quantitative estimate of drug-likeness (QED) is 0.877. The zero-order valence-corrected chi connectivity index (χ0v) is 9.85. The van der Waals surface area contributed by atoms with Gasteiger partial charge in [0.25, 0.3) is 0 Å². The standard InChI is InChI=1S/C13H16N2O2/c1-16-9-4-5-12-11(6-9)15-13(17-12)7-10(14)8-2-3-8/h4-6,8,10H,2-3,7,14H2,1H3. The SMILES string of the molecule is COc1ccc2oc(CC(N)C3CC3)nc2c1. The van der Waals surface area contributed by atoms with Crippen molar-refractivity contribution in [2.45, 2.75) is 25.3 Å². The minimum absolute atomic E-state index is 0.185. The lowest BCUT2D eigenvalue weighted by molar-refractivity contribution is 0.415. The third kappa shape index (κ3) is 2.13. The second kappa shape index (κ2) is 4.04. The van der Waals surface area contributed by atoms with Crippen molar-refractivity contribution in [3.63, 3.8) is 0 Å². The molecular formula is C13H16N2O2. The van der Waals surface area contributed by atoms with Crippen LogP contribution in [0.4, 0.5) is 0 Å². The number of nitrogens with zero attached hydrogens (tertiary/aromatic N) is 1. The third-order valence-electron chi connectivity index (χ3n) is 3.28. The molecule has 1 unspecified atom stereocenters. The van der Waals surface area contributed by atoms with Gasteiger partial charge in [-0.25, -0.2) is 4.98 Å². The van der Waals surface area contributed by atoms with Gasteiger partial charge in [-0.05, 0) is 30.9 Å². The van der Waals surface area contributed by atoms with E-state index < -0.39 is 0 Å². The van der Waals surface area contributed by atoms with Crippen molar-refractivity contribution in [3.8, 4) is 5.75 Å². The average Bonchev–Trinajstić information content (AvgIpc) is 3.10. The van der Waals surface area contributed by atoms with E-state index in [1.165, 1.54) is 12.8 Å². The molecule has 1 aliphatic rings. The maximum absolute atomic E-state index is 6.06. The first-order chi connectivity index (χ1) is 8.26. The highest BCUT2D eigenvalue weighted by molar-refractivity contribution is 5.74. The van der Waals surface area contributed by atoms with Gasteiger partial charge >= 0.3 is 0 Å². The maximum Gasteiger partial charge on any atom is 0.197 e. The van der Waals surface area contributed by atoms with Crippen molar-refractivity contribution in [1.29, 1.82) is 0 Å². The first kappa shape index (κ1) is 10.6. The molecule has 2 aromatic rings. The van der Waals surface area contributed by atoms with E-state index >= 15 is 0 Å². The Morgan fingerprint density at radius 1 is 1.53 bits per heavy atom. The smallest absolute Gasteiger partial charge is 0.197 e. The van der Waals surface area contributed by atoms with E-state index in [-0.39, 0.29) is 6.04 Å². The van der Waals surface area contributed by atoms with Gasteiger partial charge in [-0.2, -0.15) is 0 Å². The Labute approximate surface area is 99.8 Å². The highest BCUT2D eigenvalue weighted by Gasteiger charge is 2.29. The van der Waals surface area contributed by atoms with Crippen LogP contribution in [-0.2, 0) is 6.42 Å². The number of fused-ring (bicyclic) bond motifs is 1. The summed E-state index contributed by atoms with van der Waals surface area (Å²) in [5.74, 6) is 2.19. The molecule has 3 rings (SSSR count). The van der Waals surface area contributed by atoms with Crippen LogP contribution in [0.1, 0.15) is 18.7 Å². The minimum atomic E-state index is 0.185. The molecule has 0 radical (unpaired) electrons. The summed E-state index contributed by atoms with van der Waals surface area (Å²) in [5, 5.41) is 0. The number of aromatic nitrogens is 1. The van der Waals surface area contributed by atoms with Gasteiger partial charge in [0.05, 0.1) is 7.11 Å². The van der Waals surface area contributed by atoms with Crippen molar-refractivity contribution in [3.05, 3.63) is 24.1 Å². The lowest BCUT2D eigenvalue weighted by Crippen LogP contribution is -2.25. The number of rotatable bonds is 4. The largest absolute Gasteiger partial charge is 0.497 e. The number of benzene rings is 1. The van der Waals surface area contributed by atoms with E-state index in [4.69, 9.17) is 14.9 Å². The Hall–Kier alpha value is -1.55. The van der Waals surface area contributed by atoms with Gasteiger partial charge in [0.1, 0.15) is 11.3 Å². The predicted octanol–water partition coefficient (Wildman–Crippen LogP) is 2.12. The second-order valence-corrected chi connectivity index (χ2v) is 4.65. The highest BCUT2D eigenvalue weighted by Crippen LogP contribution is 2.33. The molecule has 4 nitrogen and oxygen atoms in total. The molecule has 1 aromatic heterocycles. The van der Waals surface area contributed by atoms with Gasteiger partial charge in [-0.15, -0.1) is 0 Å². The van der Waals surface area contributed by atoms with Crippen LogP contribution in [0, 0.1) is 5.92 Å². The summed E-state index contributed by atoms with van der Waals surface area (Å²) in [6.45, 7) is 0. The average molecular weight is 232 g/mol. The number of ether oxygens (including phenoxy) is 1. The Kier molecular flexibility index (Phi) is 2.52. The molecule has 1 fully saturated rings. The molecule has 0 saturated heterocycles. The minimum Gasteiger partial charge on any atom is -0.497 e. The number of hydrogen-bond acceptors (Lipinski definition) is 4. The first-order valence-electron chi connectivity index (χ1n) is 5.95. The van der Waals surface area contributed by atoms with E-state index in [0.717, 1.165) is 29.2 Å². The Morgan fingerprint density at radius 2 is 2.35 bits per heavy atom. The topological polar surface area (TPSA) is 61.3 Å². The van der Waals surface area contributed by atoms with E-state index in [2.05, 4.69) is 4.98 Å². The Balaban J connectivity index is 1.85. The van der Waals surface area contributed by atoms with E-state index in [1.54, 1.807) is 7.11 Å². The van der Waals surface area contributed by atoms with E-state index in [0.29, 0.717) is 5.92 Å². The molecule has 1 aromatic carbocycles. The molecule has 0 bridgehead atoms. The Bertz CT molecular complexity index is 531. The number of methoxy groups -OCH3 is 1. The lowest BCUT2D eigenvalue weighted by atomic mass is 10.1. The number of nitrogens with two attached hydrogens (primary N) is 1. The van der Waals surface area contributed by atoms with Gasteiger partial charge < -0.3 is 14.9 Å². The molecule has 0 spiro atoms. The zero-order valence-electron chi connectivity index (χ0n) is 9.85. The highest BCUT2D eigenvalue weighted by atomic mass is 16.5. The molecule has 17 heavy (non-hydrogen) atoms. The molecule has 4 heteroatoms. The number of hydrogen-bond donors (Lipinski definition) is 1. The predicted molar refractivity (Wildman–Crippen MR) is 65.0 cm³/mol. The van der Waals surface area contributed by atoms with Crippen LogP contribution in [0.15, 0.2) is 22.6 Å². The third-order valence-corrected chi connectivity index (χ3v) is 3.28. The van der Waals surface area contributed by atoms with Crippen LogP contribution in [0.3, 0.4) is 0 Å². The summed E-state index contributed by atoms with van der Waals surface area (Å²) >= 11 is 0. The van der Waals surface area contributed by atoms with Crippen LogP contribution in [0.5, 0.6) is 5.75 Å². The summed E-state index contributed by atoms with van der Waals surface area (Å²) < 4.78 is 10.8. The summed E-state index contributed by atoms with van der Waals surface area (Å²) in [7, 11) is 1.64. The van der Waals surface area contributed by atoms with Crippen LogP contribution in [-0.4, -0.2) is 18.1 Å². The fourth-order valence-electron chi connectivity index (χ4n) is 2.06. The zero-order chi connectivity index (χ0) is 11.8. The van der Waals surface area contributed by atoms with Crippen LogP contribution in [0.2, 0.25) is 0 Å². The molecule has 0 amide bonds. The van der Waals surface area contributed by atoms with Gasteiger partial charge in [-0.3, -0.25) is 0 Å². The van der Waals surface area contributed by atoms with E-state index in [9.17, 15) is 0 Å². The van der Waals surface area contributed by atoms with Crippen molar-refractivity contribution in [2.75, 3.05) is 7.11 Å². The van der Waals surface area contributed by atoms with Crippen molar-refractivity contribution in [2.24, 2.45) is 11.7 Å². The lowest BCUT2D eigenvalue weighted by Gasteiger charge is -2.05. The molecule has 2 N–H and O–H groups in total. The monoisotopic (exact) mass is 232 g/mol. The first-order valence-corrected chi connectivity index (χ1v) is 5.95. The van der Waals surface area contributed by atoms with Gasteiger partial charge in [-0.1, -0.05) is 0 Å². The summed E-state index contributed by atoms with van der Waals surface area (Å²) in [4.78, 5) is 4.44. The van der Waals surface area contributed by atoms with Gasteiger partial charge in [0.2, 0.25) is 0 Å². The molecule has 1 heterocycles. The molecule has 1 aliphatic carbocycles. The fraction of sp³-hybridized carbons (Fsp3) is 0.462. The molecule has 1 saturated carbocycles. The van der Waals surface area contributed by atoms with Crippen molar-refractivity contribution in [1.82, 2.24) is 4.98 Å². The maximum atomic E-state index is 6.06. The second-order valence-electron chi connectivity index (χ2n) is 4.65. The molecule has 0 aliphatic heterocycles. The van der Waals surface area contributed by atoms with Crippen LogP contribution >= 0.6 is 0 Å². The fourth-order valence-corrected chi connectivity index (χ4v) is 2.06. The Morgan fingerprint density at radius 3 is 3.06 bits per heavy atom. The summed E-state index contributed by atoms with van der Waals surface area (Å²) in [6, 6.07) is 5.82. The molecule has 90 valence electrons. The van der Waals surface area contributed by atoms with Gasteiger partial charge in [0.15, 0.2) is 11.5 Å². The van der Waals surface area contributed by atoms with Crippen LogP contribution < -0.4 is 10.5 Å².